The van der Waals surface area contributed by atoms with E-state index < -0.39 is 10.0 Å². The highest BCUT2D eigenvalue weighted by Gasteiger charge is 2.28. The number of para-hydroxylation sites is 1. The molecule has 4 rings (SSSR count). The van der Waals surface area contributed by atoms with E-state index in [0.29, 0.717) is 17.5 Å². The van der Waals surface area contributed by atoms with E-state index in [1.807, 2.05) is 36.4 Å². The van der Waals surface area contributed by atoms with E-state index in [4.69, 9.17) is 16.3 Å². The maximum Gasteiger partial charge on any atom is 0.250 e. The Labute approximate surface area is 186 Å². The first-order valence-electron chi connectivity index (χ1n) is 9.78. The normalized spacial score (nSPS) is 17.3. The minimum atomic E-state index is -3.52. The van der Waals surface area contributed by atoms with E-state index in [2.05, 4.69) is 27.8 Å². The number of halogens is 1. The number of ether oxygens (including phenoxy) is 1. The molecule has 1 fully saturated rings. The Morgan fingerprint density at radius 1 is 1.07 bits per heavy atom. The molecule has 1 aliphatic heterocycles. The molecule has 2 heterocycles. The van der Waals surface area contributed by atoms with Gasteiger partial charge in [0.05, 0.1) is 4.34 Å². The van der Waals surface area contributed by atoms with Crippen molar-refractivity contribution in [1.29, 1.82) is 0 Å². The Kier molecular flexibility index (Phi) is 6.75. The van der Waals surface area contributed by atoms with Crippen molar-refractivity contribution in [1.82, 2.24) is 9.62 Å². The van der Waals surface area contributed by atoms with Gasteiger partial charge < -0.3 is 4.74 Å². The predicted molar refractivity (Wildman–Crippen MR) is 122 cm³/mol. The molecular formula is C22H23ClN2O3S2. The third-order valence-corrected chi connectivity index (χ3v) is 8.29. The minimum Gasteiger partial charge on any atom is -0.492 e. The number of likely N-dealkylation sites (tertiary alicyclic amines) is 1. The van der Waals surface area contributed by atoms with Crippen LogP contribution in [0.25, 0.3) is 11.1 Å². The third-order valence-electron chi connectivity index (χ3n) is 5.04. The standard InChI is InChI=1S/C22H23ClN2O3S2/c23-21-10-11-22(29-21)30(26,27)24-18-12-13-25(16-18)14-15-28-20-9-5-4-8-19(20)17-6-2-1-3-7-17/h1-11,18,24H,12-16H2/t18-/m1/s1. The molecule has 1 aliphatic rings. The smallest absolute Gasteiger partial charge is 0.250 e. The van der Waals surface area contributed by atoms with E-state index in [1.165, 1.54) is 0 Å². The number of hydrogen-bond acceptors (Lipinski definition) is 5. The highest BCUT2D eigenvalue weighted by atomic mass is 35.5. The number of benzene rings is 2. The van der Waals surface area contributed by atoms with Gasteiger partial charge in [-0.15, -0.1) is 11.3 Å². The molecule has 2 aromatic carbocycles. The summed E-state index contributed by atoms with van der Waals surface area (Å²) in [6.45, 7) is 2.79. The van der Waals surface area contributed by atoms with Crippen molar-refractivity contribution >= 4 is 33.0 Å². The number of sulfonamides is 1. The van der Waals surface area contributed by atoms with Crippen molar-refractivity contribution < 1.29 is 13.2 Å². The van der Waals surface area contributed by atoms with Crippen LogP contribution in [-0.4, -0.2) is 45.6 Å². The lowest BCUT2D eigenvalue weighted by Gasteiger charge is -2.18. The SMILES string of the molecule is O=S(=O)(N[C@@H]1CCN(CCOc2ccccc2-c2ccccc2)C1)c1ccc(Cl)s1. The first-order valence-corrected chi connectivity index (χ1v) is 12.5. The van der Waals surface area contributed by atoms with Gasteiger partial charge in [-0.05, 0) is 36.7 Å². The summed E-state index contributed by atoms with van der Waals surface area (Å²) < 4.78 is 34.5. The summed E-state index contributed by atoms with van der Waals surface area (Å²) in [5.41, 5.74) is 2.19. The van der Waals surface area contributed by atoms with Gasteiger partial charge >= 0.3 is 0 Å². The van der Waals surface area contributed by atoms with Crippen LogP contribution in [-0.2, 0) is 10.0 Å². The van der Waals surface area contributed by atoms with Crippen LogP contribution in [0, 0.1) is 0 Å². The Bertz CT molecular complexity index is 1090. The molecule has 30 heavy (non-hydrogen) atoms. The van der Waals surface area contributed by atoms with Crippen LogP contribution < -0.4 is 9.46 Å². The van der Waals surface area contributed by atoms with Crippen molar-refractivity contribution in [2.24, 2.45) is 0 Å². The lowest BCUT2D eigenvalue weighted by Crippen LogP contribution is -2.37. The summed E-state index contributed by atoms with van der Waals surface area (Å²) in [5.74, 6) is 0.856. The average molecular weight is 463 g/mol. The van der Waals surface area contributed by atoms with Crippen LogP contribution in [0.5, 0.6) is 5.75 Å². The van der Waals surface area contributed by atoms with Crippen LogP contribution in [0.15, 0.2) is 70.9 Å². The summed E-state index contributed by atoms with van der Waals surface area (Å²) >= 11 is 6.94. The number of thiophene rings is 1. The molecule has 0 spiro atoms. The summed E-state index contributed by atoms with van der Waals surface area (Å²) in [6.07, 6.45) is 0.777. The number of nitrogens with zero attached hydrogens (tertiary/aromatic N) is 1. The van der Waals surface area contributed by atoms with Gasteiger partial charge in [-0.3, -0.25) is 4.90 Å². The van der Waals surface area contributed by atoms with Crippen LogP contribution in [0.4, 0.5) is 0 Å². The first-order chi connectivity index (χ1) is 14.5. The molecule has 5 nitrogen and oxygen atoms in total. The quantitative estimate of drug-likeness (QED) is 0.535. The van der Waals surface area contributed by atoms with Crippen LogP contribution in [0.3, 0.4) is 0 Å². The Hall–Kier alpha value is -1.90. The highest BCUT2D eigenvalue weighted by Crippen LogP contribution is 2.29. The molecule has 0 unspecified atom stereocenters. The second kappa shape index (κ2) is 9.49. The fraction of sp³-hybridized carbons (Fsp3) is 0.273. The van der Waals surface area contributed by atoms with Gasteiger partial charge in [-0.25, -0.2) is 13.1 Å². The molecule has 0 bridgehead atoms. The molecule has 0 aliphatic carbocycles. The van der Waals surface area contributed by atoms with Gasteiger partial charge in [0.2, 0.25) is 10.0 Å². The molecule has 8 heteroatoms. The van der Waals surface area contributed by atoms with E-state index in [1.54, 1.807) is 12.1 Å². The van der Waals surface area contributed by atoms with Crippen LogP contribution >= 0.6 is 22.9 Å². The number of nitrogens with one attached hydrogen (secondary N) is 1. The largest absolute Gasteiger partial charge is 0.492 e. The highest BCUT2D eigenvalue weighted by molar-refractivity contribution is 7.91. The van der Waals surface area contributed by atoms with Gasteiger partial charge in [0.1, 0.15) is 16.6 Å². The van der Waals surface area contributed by atoms with Gasteiger partial charge in [0.15, 0.2) is 0 Å². The molecule has 0 amide bonds. The maximum atomic E-state index is 12.5. The first kappa shape index (κ1) is 21.3. The molecule has 1 N–H and O–H groups in total. The van der Waals surface area contributed by atoms with Crippen LogP contribution in [0.2, 0.25) is 4.34 Å². The van der Waals surface area contributed by atoms with E-state index in [0.717, 1.165) is 47.7 Å². The second-order valence-electron chi connectivity index (χ2n) is 7.18. The second-order valence-corrected chi connectivity index (χ2v) is 10.8. The fourth-order valence-electron chi connectivity index (χ4n) is 3.58. The number of hydrogen-bond donors (Lipinski definition) is 1. The van der Waals surface area contributed by atoms with Gasteiger partial charge in [0, 0.05) is 24.7 Å². The van der Waals surface area contributed by atoms with Crippen LogP contribution in [0.1, 0.15) is 6.42 Å². The molecule has 1 saturated heterocycles. The molecule has 1 atom stereocenters. The maximum absolute atomic E-state index is 12.5. The van der Waals surface area contributed by atoms with E-state index >= 15 is 0 Å². The Morgan fingerprint density at radius 3 is 2.60 bits per heavy atom. The zero-order chi connectivity index (χ0) is 21.0. The molecular weight excluding hydrogens is 440 g/mol. The molecule has 1 aromatic heterocycles. The van der Waals surface area contributed by atoms with Crippen molar-refractivity contribution in [2.75, 3.05) is 26.2 Å². The monoisotopic (exact) mass is 462 g/mol. The van der Waals surface area contributed by atoms with Crippen molar-refractivity contribution in [3.8, 4) is 16.9 Å². The summed E-state index contributed by atoms with van der Waals surface area (Å²) in [6, 6.07) is 21.2. The van der Waals surface area contributed by atoms with Crippen molar-refractivity contribution in [3.05, 3.63) is 71.1 Å². The summed E-state index contributed by atoms with van der Waals surface area (Å²) in [5, 5.41) is 0. The minimum absolute atomic E-state index is 0.104. The number of rotatable bonds is 8. The Morgan fingerprint density at radius 2 is 1.83 bits per heavy atom. The third kappa shape index (κ3) is 5.22. The van der Waals surface area contributed by atoms with Crippen molar-refractivity contribution in [2.45, 2.75) is 16.7 Å². The zero-order valence-electron chi connectivity index (χ0n) is 16.3. The molecule has 0 saturated carbocycles. The molecule has 3 aromatic rings. The predicted octanol–water partition coefficient (Wildman–Crippen LogP) is 4.50. The fourth-order valence-corrected chi connectivity index (χ4v) is 6.35. The lowest BCUT2D eigenvalue weighted by atomic mass is 10.1. The zero-order valence-corrected chi connectivity index (χ0v) is 18.7. The van der Waals surface area contributed by atoms with Gasteiger partial charge in [-0.2, -0.15) is 0 Å². The molecule has 158 valence electrons. The summed E-state index contributed by atoms with van der Waals surface area (Å²) in [4.78, 5) is 2.22. The summed E-state index contributed by atoms with van der Waals surface area (Å²) in [7, 11) is -3.52. The van der Waals surface area contributed by atoms with Gasteiger partial charge in [0.25, 0.3) is 0 Å². The average Bonchev–Trinajstić information content (AvgIpc) is 3.38. The topological polar surface area (TPSA) is 58.6 Å². The van der Waals surface area contributed by atoms with Crippen molar-refractivity contribution in [3.63, 3.8) is 0 Å². The molecule has 0 radical (unpaired) electrons. The Balaban J connectivity index is 1.29. The van der Waals surface area contributed by atoms with E-state index in [9.17, 15) is 8.42 Å². The lowest BCUT2D eigenvalue weighted by molar-refractivity contribution is 0.236. The van der Waals surface area contributed by atoms with Gasteiger partial charge in [-0.1, -0.05) is 60.1 Å². The van der Waals surface area contributed by atoms with E-state index in [-0.39, 0.29) is 10.3 Å².